The van der Waals surface area contributed by atoms with Gasteiger partial charge in [-0.3, -0.25) is 4.98 Å². The van der Waals surface area contributed by atoms with Crippen molar-refractivity contribution in [2.45, 2.75) is 12.8 Å². The Balaban J connectivity index is 2.30. The maximum absolute atomic E-state index is 5.43. The predicted octanol–water partition coefficient (Wildman–Crippen LogP) is 2.86. The second-order valence-corrected chi connectivity index (χ2v) is 4.01. The molecule has 0 saturated carbocycles. The van der Waals surface area contributed by atoms with Crippen molar-refractivity contribution in [1.29, 1.82) is 0 Å². The summed E-state index contributed by atoms with van der Waals surface area (Å²) in [5, 5.41) is 0. The fourth-order valence-electron chi connectivity index (χ4n) is 2.36. The highest BCUT2D eigenvalue weighted by Gasteiger charge is 2.20. The lowest BCUT2D eigenvalue weighted by molar-refractivity contribution is 0.415. The van der Waals surface area contributed by atoms with Gasteiger partial charge in [-0.05, 0) is 36.1 Å². The molecule has 0 atom stereocenters. The quantitative estimate of drug-likeness (QED) is 0.723. The lowest BCUT2D eigenvalue weighted by Gasteiger charge is -2.20. The number of methoxy groups -OCH3 is 1. The van der Waals surface area contributed by atoms with Gasteiger partial charge < -0.3 is 4.74 Å². The van der Waals surface area contributed by atoms with Crippen molar-refractivity contribution in [3.8, 4) is 17.0 Å². The first-order valence-corrected chi connectivity index (χ1v) is 5.50. The second kappa shape index (κ2) is 3.63. The van der Waals surface area contributed by atoms with E-state index in [4.69, 9.17) is 4.74 Å². The molecule has 0 N–H and O–H groups in total. The summed E-state index contributed by atoms with van der Waals surface area (Å²) in [5.41, 5.74) is 4.91. The highest BCUT2D eigenvalue weighted by molar-refractivity contribution is 5.75. The SMILES string of the molecule is COc1cccc2c1-c1ncccc1CC2. The van der Waals surface area contributed by atoms with Crippen LogP contribution in [0.3, 0.4) is 0 Å². The molecule has 0 unspecified atom stereocenters. The first-order valence-electron chi connectivity index (χ1n) is 5.50. The summed E-state index contributed by atoms with van der Waals surface area (Å²) >= 11 is 0. The molecule has 0 saturated heterocycles. The fourth-order valence-corrected chi connectivity index (χ4v) is 2.36. The van der Waals surface area contributed by atoms with Gasteiger partial charge in [-0.15, -0.1) is 0 Å². The van der Waals surface area contributed by atoms with E-state index < -0.39 is 0 Å². The number of nitrogens with zero attached hydrogens (tertiary/aromatic N) is 1. The van der Waals surface area contributed by atoms with Crippen LogP contribution in [0.5, 0.6) is 5.75 Å². The average molecular weight is 211 g/mol. The largest absolute Gasteiger partial charge is 0.496 e. The molecular weight excluding hydrogens is 198 g/mol. The monoisotopic (exact) mass is 211 g/mol. The Bertz CT molecular complexity index is 520. The molecule has 2 nitrogen and oxygen atoms in total. The van der Waals surface area contributed by atoms with Crippen molar-refractivity contribution in [3.05, 3.63) is 47.7 Å². The zero-order chi connectivity index (χ0) is 11.0. The standard InChI is InChI=1S/C14H13NO/c1-16-12-6-2-4-10-7-8-11-5-3-9-15-14(11)13(10)12/h2-6,9H,7-8H2,1H3. The second-order valence-electron chi connectivity index (χ2n) is 4.01. The van der Waals surface area contributed by atoms with Gasteiger partial charge in [0.15, 0.2) is 0 Å². The van der Waals surface area contributed by atoms with Gasteiger partial charge in [-0.2, -0.15) is 0 Å². The van der Waals surface area contributed by atoms with E-state index in [1.54, 1.807) is 7.11 Å². The van der Waals surface area contributed by atoms with Crippen LogP contribution in [0.1, 0.15) is 11.1 Å². The Kier molecular flexibility index (Phi) is 2.13. The minimum absolute atomic E-state index is 0.928. The number of fused-ring (bicyclic) bond motifs is 3. The molecule has 0 aliphatic heterocycles. The fraction of sp³-hybridized carbons (Fsp3) is 0.214. The maximum atomic E-state index is 5.43. The van der Waals surface area contributed by atoms with Crippen molar-refractivity contribution in [1.82, 2.24) is 4.98 Å². The van der Waals surface area contributed by atoms with Gasteiger partial charge in [0.05, 0.1) is 12.8 Å². The third kappa shape index (κ3) is 1.30. The normalized spacial score (nSPS) is 12.8. The predicted molar refractivity (Wildman–Crippen MR) is 63.6 cm³/mol. The number of rotatable bonds is 1. The first-order chi connectivity index (χ1) is 7.90. The van der Waals surface area contributed by atoms with Crippen molar-refractivity contribution < 1.29 is 4.74 Å². The molecule has 2 heteroatoms. The van der Waals surface area contributed by atoms with Crippen LogP contribution in [0.15, 0.2) is 36.5 Å². The summed E-state index contributed by atoms with van der Waals surface area (Å²) in [6.45, 7) is 0. The summed E-state index contributed by atoms with van der Waals surface area (Å²) in [6, 6.07) is 10.4. The van der Waals surface area contributed by atoms with Crippen LogP contribution in [0, 0.1) is 0 Å². The lowest BCUT2D eigenvalue weighted by Crippen LogP contribution is -2.06. The lowest BCUT2D eigenvalue weighted by atomic mass is 9.88. The van der Waals surface area contributed by atoms with Crippen LogP contribution in [-0.2, 0) is 12.8 Å². The minimum atomic E-state index is 0.928. The van der Waals surface area contributed by atoms with Crippen LogP contribution >= 0.6 is 0 Å². The summed E-state index contributed by atoms with van der Waals surface area (Å²) in [5.74, 6) is 0.928. The molecule has 0 fully saturated rings. The van der Waals surface area contributed by atoms with Crippen molar-refractivity contribution >= 4 is 0 Å². The Labute approximate surface area is 94.9 Å². The first kappa shape index (κ1) is 9.40. The molecule has 1 aromatic heterocycles. The van der Waals surface area contributed by atoms with Gasteiger partial charge in [0, 0.05) is 11.8 Å². The summed E-state index contributed by atoms with van der Waals surface area (Å²) in [7, 11) is 1.72. The molecule has 3 rings (SSSR count). The Morgan fingerprint density at radius 3 is 2.75 bits per heavy atom. The minimum Gasteiger partial charge on any atom is -0.496 e. The van der Waals surface area contributed by atoms with Gasteiger partial charge in [0.25, 0.3) is 0 Å². The van der Waals surface area contributed by atoms with Crippen LogP contribution in [0.25, 0.3) is 11.3 Å². The van der Waals surface area contributed by atoms with Crippen LogP contribution < -0.4 is 4.74 Å². The number of benzene rings is 1. The summed E-state index contributed by atoms with van der Waals surface area (Å²) in [4.78, 5) is 4.49. The van der Waals surface area contributed by atoms with Gasteiger partial charge in [0.1, 0.15) is 5.75 Å². The molecule has 0 amide bonds. The van der Waals surface area contributed by atoms with E-state index >= 15 is 0 Å². The molecule has 1 aromatic carbocycles. The third-order valence-corrected chi connectivity index (χ3v) is 3.12. The third-order valence-electron chi connectivity index (χ3n) is 3.12. The summed E-state index contributed by atoms with van der Waals surface area (Å²) in [6.07, 6.45) is 3.99. The molecule has 1 aliphatic carbocycles. The zero-order valence-corrected chi connectivity index (χ0v) is 9.23. The average Bonchev–Trinajstić information content (AvgIpc) is 2.37. The van der Waals surface area contributed by atoms with Gasteiger partial charge in [-0.1, -0.05) is 18.2 Å². The number of aromatic nitrogens is 1. The van der Waals surface area contributed by atoms with Gasteiger partial charge in [-0.25, -0.2) is 0 Å². The molecule has 0 radical (unpaired) electrons. The molecule has 1 heterocycles. The molecule has 0 bridgehead atoms. The highest BCUT2D eigenvalue weighted by Crippen LogP contribution is 2.38. The maximum Gasteiger partial charge on any atom is 0.128 e. The molecular formula is C14H13NO. The molecule has 2 aromatic rings. The molecule has 80 valence electrons. The Morgan fingerprint density at radius 1 is 1.06 bits per heavy atom. The number of hydrogen-bond acceptors (Lipinski definition) is 2. The smallest absolute Gasteiger partial charge is 0.128 e. The van der Waals surface area contributed by atoms with Crippen molar-refractivity contribution in [2.24, 2.45) is 0 Å². The summed E-state index contributed by atoms with van der Waals surface area (Å²) < 4.78 is 5.43. The van der Waals surface area contributed by atoms with Crippen LogP contribution in [-0.4, -0.2) is 12.1 Å². The van der Waals surface area contributed by atoms with Crippen LogP contribution in [0.4, 0.5) is 0 Å². The number of ether oxygens (including phenoxy) is 1. The molecule has 0 spiro atoms. The zero-order valence-electron chi connectivity index (χ0n) is 9.23. The number of pyridine rings is 1. The van der Waals surface area contributed by atoms with E-state index in [2.05, 4.69) is 17.1 Å². The Morgan fingerprint density at radius 2 is 1.88 bits per heavy atom. The topological polar surface area (TPSA) is 22.1 Å². The van der Waals surface area contributed by atoms with Crippen molar-refractivity contribution in [2.75, 3.05) is 7.11 Å². The van der Waals surface area contributed by atoms with E-state index in [1.807, 2.05) is 24.4 Å². The van der Waals surface area contributed by atoms with E-state index in [0.29, 0.717) is 0 Å². The van der Waals surface area contributed by atoms with Crippen molar-refractivity contribution in [3.63, 3.8) is 0 Å². The van der Waals surface area contributed by atoms with Gasteiger partial charge in [0.2, 0.25) is 0 Å². The molecule has 16 heavy (non-hydrogen) atoms. The molecule has 1 aliphatic rings. The van der Waals surface area contributed by atoms with E-state index in [1.165, 1.54) is 16.7 Å². The Hall–Kier alpha value is -1.83. The van der Waals surface area contributed by atoms with E-state index in [-0.39, 0.29) is 0 Å². The highest BCUT2D eigenvalue weighted by atomic mass is 16.5. The van der Waals surface area contributed by atoms with Crippen LogP contribution in [0.2, 0.25) is 0 Å². The van der Waals surface area contributed by atoms with E-state index in [0.717, 1.165) is 24.3 Å². The van der Waals surface area contributed by atoms with E-state index in [9.17, 15) is 0 Å². The van der Waals surface area contributed by atoms with Gasteiger partial charge >= 0.3 is 0 Å². The number of hydrogen-bond donors (Lipinski definition) is 0. The number of aryl methyl sites for hydroxylation is 2.